The van der Waals surface area contributed by atoms with Crippen molar-refractivity contribution in [1.29, 1.82) is 0 Å². The fourth-order valence-electron chi connectivity index (χ4n) is 4.91. The lowest BCUT2D eigenvalue weighted by atomic mass is 9.86. The van der Waals surface area contributed by atoms with Crippen molar-refractivity contribution in [2.24, 2.45) is 4.99 Å². The van der Waals surface area contributed by atoms with E-state index in [1.165, 1.54) is 18.4 Å². The van der Waals surface area contributed by atoms with Crippen LogP contribution in [0.15, 0.2) is 29.3 Å². The van der Waals surface area contributed by atoms with Crippen LogP contribution in [0.4, 0.5) is 0 Å². The molecule has 2 fully saturated rings. The number of para-hydroxylation sites is 1. The molecule has 2 heterocycles. The van der Waals surface area contributed by atoms with Crippen molar-refractivity contribution in [2.75, 3.05) is 39.4 Å². The number of ether oxygens (including phenoxy) is 2. The minimum Gasteiger partial charge on any atom is -0.487 e. The summed E-state index contributed by atoms with van der Waals surface area (Å²) in [6, 6.07) is 9.14. The molecule has 1 aromatic carbocycles. The molecule has 160 valence electrons. The smallest absolute Gasteiger partial charge is 0.191 e. The maximum atomic E-state index is 6.51. The highest BCUT2D eigenvalue weighted by Gasteiger charge is 2.43. The van der Waals surface area contributed by atoms with E-state index in [0.717, 1.165) is 70.4 Å². The standard InChI is InChI=1S/C23H36N4O2/c1-3-24-22(25-17-18(2)27-12-14-28-15-13-27)26-20-16-23(10-6-7-11-23)29-21-9-5-4-8-19(20)21/h4-5,8-9,18,20H,3,6-7,10-17H2,1-2H3,(H2,24,25,26). The number of hydrogen-bond acceptors (Lipinski definition) is 4. The minimum atomic E-state index is -0.00949. The van der Waals surface area contributed by atoms with E-state index in [1.54, 1.807) is 0 Å². The molecule has 6 heteroatoms. The fourth-order valence-corrected chi connectivity index (χ4v) is 4.91. The molecule has 2 N–H and O–H groups in total. The lowest BCUT2D eigenvalue weighted by Crippen LogP contribution is -2.47. The molecular weight excluding hydrogens is 364 g/mol. The third-order valence-corrected chi connectivity index (χ3v) is 6.55. The van der Waals surface area contributed by atoms with E-state index in [1.807, 2.05) is 0 Å². The molecule has 29 heavy (non-hydrogen) atoms. The first-order valence-electron chi connectivity index (χ1n) is 11.3. The van der Waals surface area contributed by atoms with Gasteiger partial charge in [0.15, 0.2) is 5.96 Å². The van der Waals surface area contributed by atoms with E-state index in [2.05, 4.69) is 53.6 Å². The SMILES string of the molecule is CCNC(=NCC(C)N1CCOCC1)NC1CC2(CCCC2)Oc2ccccc21. The number of benzene rings is 1. The van der Waals surface area contributed by atoms with Gasteiger partial charge in [0.1, 0.15) is 11.4 Å². The van der Waals surface area contributed by atoms with Crippen LogP contribution < -0.4 is 15.4 Å². The summed E-state index contributed by atoms with van der Waals surface area (Å²) >= 11 is 0. The van der Waals surface area contributed by atoms with Crippen molar-refractivity contribution >= 4 is 5.96 Å². The summed E-state index contributed by atoms with van der Waals surface area (Å²) in [7, 11) is 0. The topological polar surface area (TPSA) is 58.1 Å². The lowest BCUT2D eigenvalue weighted by Gasteiger charge is -2.40. The van der Waals surface area contributed by atoms with Gasteiger partial charge in [0.2, 0.25) is 0 Å². The second kappa shape index (κ2) is 9.35. The van der Waals surface area contributed by atoms with Crippen LogP contribution in [0.25, 0.3) is 0 Å². The van der Waals surface area contributed by atoms with Crippen LogP contribution in [-0.4, -0.2) is 61.9 Å². The summed E-state index contributed by atoms with van der Waals surface area (Å²) in [6.45, 7) is 9.67. The average Bonchev–Trinajstić information content (AvgIpc) is 3.19. The molecule has 6 nitrogen and oxygen atoms in total. The number of nitrogens with one attached hydrogen (secondary N) is 2. The number of aliphatic imine (C=N–C) groups is 1. The predicted molar refractivity (Wildman–Crippen MR) is 117 cm³/mol. The van der Waals surface area contributed by atoms with Gasteiger partial charge in [-0.3, -0.25) is 9.89 Å². The molecule has 1 aromatic rings. The van der Waals surface area contributed by atoms with E-state index in [-0.39, 0.29) is 11.6 Å². The number of rotatable bonds is 5. The normalized spacial score (nSPS) is 25.3. The van der Waals surface area contributed by atoms with Gasteiger partial charge in [0.05, 0.1) is 25.8 Å². The first kappa shape index (κ1) is 20.5. The third-order valence-electron chi connectivity index (χ3n) is 6.55. The fraction of sp³-hybridized carbons (Fsp3) is 0.696. The number of guanidine groups is 1. The Kier molecular flexibility index (Phi) is 6.60. The molecule has 2 aliphatic heterocycles. The van der Waals surface area contributed by atoms with Crippen LogP contribution in [-0.2, 0) is 4.74 Å². The molecule has 1 saturated carbocycles. The van der Waals surface area contributed by atoms with E-state index in [9.17, 15) is 0 Å². The zero-order chi connectivity index (χ0) is 20.1. The second-order valence-corrected chi connectivity index (χ2v) is 8.65. The van der Waals surface area contributed by atoms with Crippen molar-refractivity contribution in [3.8, 4) is 5.75 Å². The molecular formula is C23H36N4O2. The highest BCUT2D eigenvalue weighted by atomic mass is 16.5. The monoisotopic (exact) mass is 400 g/mol. The minimum absolute atomic E-state index is 0.00949. The highest BCUT2D eigenvalue weighted by molar-refractivity contribution is 5.80. The summed E-state index contributed by atoms with van der Waals surface area (Å²) in [5.41, 5.74) is 1.24. The van der Waals surface area contributed by atoms with Gasteiger partial charge in [0, 0.05) is 37.7 Å². The van der Waals surface area contributed by atoms with Crippen molar-refractivity contribution in [3.63, 3.8) is 0 Å². The van der Waals surface area contributed by atoms with Gasteiger partial charge in [0.25, 0.3) is 0 Å². The van der Waals surface area contributed by atoms with E-state index >= 15 is 0 Å². The number of fused-ring (bicyclic) bond motifs is 1. The zero-order valence-corrected chi connectivity index (χ0v) is 18.0. The summed E-state index contributed by atoms with van der Waals surface area (Å²) in [4.78, 5) is 7.41. The molecule has 4 rings (SSSR count). The van der Waals surface area contributed by atoms with Crippen LogP contribution >= 0.6 is 0 Å². The van der Waals surface area contributed by atoms with Crippen LogP contribution in [0.1, 0.15) is 57.6 Å². The molecule has 0 bridgehead atoms. The average molecular weight is 401 g/mol. The quantitative estimate of drug-likeness (QED) is 0.588. The van der Waals surface area contributed by atoms with Crippen molar-refractivity contribution < 1.29 is 9.47 Å². The zero-order valence-electron chi connectivity index (χ0n) is 18.0. The largest absolute Gasteiger partial charge is 0.487 e. The second-order valence-electron chi connectivity index (χ2n) is 8.65. The van der Waals surface area contributed by atoms with E-state index in [0.29, 0.717) is 6.04 Å². The Bertz CT molecular complexity index is 696. The third kappa shape index (κ3) is 4.86. The van der Waals surface area contributed by atoms with Crippen LogP contribution in [0.2, 0.25) is 0 Å². The summed E-state index contributed by atoms with van der Waals surface area (Å²) in [5, 5.41) is 7.19. The lowest BCUT2D eigenvalue weighted by molar-refractivity contribution is 0.0220. The Morgan fingerprint density at radius 1 is 1.24 bits per heavy atom. The molecule has 0 radical (unpaired) electrons. The van der Waals surface area contributed by atoms with Crippen LogP contribution in [0.3, 0.4) is 0 Å². The molecule has 1 spiro atoms. The van der Waals surface area contributed by atoms with Gasteiger partial charge in [-0.25, -0.2) is 0 Å². The number of morpholine rings is 1. The Morgan fingerprint density at radius 3 is 2.76 bits per heavy atom. The first-order chi connectivity index (χ1) is 14.2. The maximum Gasteiger partial charge on any atom is 0.191 e. The number of nitrogens with zero attached hydrogens (tertiary/aromatic N) is 2. The summed E-state index contributed by atoms with van der Waals surface area (Å²) < 4.78 is 12.0. The van der Waals surface area contributed by atoms with Crippen molar-refractivity contribution in [2.45, 2.75) is 63.6 Å². The summed E-state index contributed by atoms with van der Waals surface area (Å²) in [6.07, 6.45) is 5.84. The van der Waals surface area contributed by atoms with Gasteiger partial charge in [-0.05, 0) is 45.6 Å². The molecule has 3 aliphatic rings. The van der Waals surface area contributed by atoms with E-state index in [4.69, 9.17) is 14.5 Å². The Labute approximate surface area is 175 Å². The first-order valence-corrected chi connectivity index (χ1v) is 11.3. The van der Waals surface area contributed by atoms with Gasteiger partial charge < -0.3 is 20.1 Å². The Balaban J connectivity index is 1.47. The molecule has 2 atom stereocenters. The molecule has 0 aromatic heterocycles. The Hall–Kier alpha value is -1.79. The van der Waals surface area contributed by atoms with E-state index < -0.39 is 0 Å². The van der Waals surface area contributed by atoms with Gasteiger partial charge in [-0.1, -0.05) is 18.2 Å². The molecule has 0 amide bonds. The predicted octanol–water partition coefficient (Wildman–Crippen LogP) is 3.10. The van der Waals surface area contributed by atoms with Crippen LogP contribution in [0.5, 0.6) is 5.75 Å². The maximum absolute atomic E-state index is 6.51. The van der Waals surface area contributed by atoms with Gasteiger partial charge in [-0.2, -0.15) is 0 Å². The molecule has 1 aliphatic carbocycles. The van der Waals surface area contributed by atoms with Crippen LogP contribution in [0, 0.1) is 0 Å². The molecule has 2 unspecified atom stereocenters. The Morgan fingerprint density at radius 2 is 2.00 bits per heavy atom. The molecule has 1 saturated heterocycles. The number of hydrogen-bond donors (Lipinski definition) is 2. The van der Waals surface area contributed by atoms with Crippen molar-refractivity contribution in [3.05, 3.63) is 29.8 Å². The van der Waals surface area contributed by atoms with Crippen molar-refractivity contribution in [1.82, 2.24) is 15.5 Å². The summed E-state index contributed by atoms with van der Waals surface area (Å²) in [5.74, 6) is 1.94. The van der Waals surface area contributed by atoms with Gasteiger partial charge in [-0.15, -0.1) is 0 Å². The van der Waals surface area contributed by atoms with Gasteiger partial charge >= 0.3 is 0 Å². The highest BCUT2D eigenvalue weighted by Crippen LogP contribution is 2.46.